The van der Waals surface area contributed by atoms with Crippen molar-refractivity contribution in [2.24, 2.45) is 16.3 Å². The molecule has 0 aliphatic carbocycles. The van der Waals surface area contributed by atoms with Crippen LogP contribution < -0.4 is 5.32 Å². The SMILES string of the molecule is CC(C)CCCC(C)NC1=NCC(C)(C)CS1. The zero-order valence-electron chi connectivity index (χ0n) is 12.0. The van der Waals surface area contributed by atoms with E-state index in [0.717, 1.165) is 17.6 Å². The van der Waals surface area contributed by atoms with Crippen LogP contribution in [0.1, 0.15) is 53.9 Å². The molecule has 0 aromatic carbocycles. The smallest absolute Gasteiger partial charge is 0.156 e. The van der Waals surface area contributed by atoms with Crippen LogP contribution in [0.15, 0.2) is 4.99 Å². The van der Waals surface area contributed by atoms with E-state index in [0.29, 0.717) is 11.5 Å². The van der Waals surface area contributed by atoms with Crippen LogP contribution in [-0.2, 0) is 0 Å². The summed E-state index contributed by atoms with van der Waals surface area (Å²) < 4.78 is 0. The largest absolute Gasteiger partial charge is 0.362 e. The molecule has 0 fully saturated rings. The fraction of sp³-hybridized carbons (Fsp3) is 0.929. The molecule has 1 aliphatic heterocycles. The van der Waals surface area contributed by atoms with E-state index < -0.39 is 0 Å². The number of thioether (sulfide) groups is 1. The third kappa shape index (κ3) is 6.35. The summed E-state index contributed by atoms with van der Waals surface area (Å²) in [5, 5.41) is 4.70. The molecule has 17 heavy (non-hydrogen) atoms. The number of hydrogen-bond acceptors (Lipinski definition) is 3. The molecule has 100 valence electrons. The Kier molecular flexibility index (Phi) is 5.84. The van der Waals surface area contributed by atoms with E-state index in [1.54, 1.807) is 0 Å². The topological polar surface area (TPSA) is 24.4 Å². The summed E-state index contributed by atoms with van der Waals surface area (Å²) in [5.41, 5.74) is 0.372. The summed E-state index contributed by atoms with van der Waals surface area (Å²) in [4.78, 5) is 4.63. The molecule has 0 saturated carbocycles. The Morgan fingerprint density at radius 3 is 2.53 bits per heavy atom. The van der Waals surface area contributed by atoms with E-state index in [1.807, 2.05) is 11.8 Å². The molecule has 0 bridgehead atoms. The lowest BCUT2D eigenvalue weighted by molar-refractivity contribution is 0.435. The highest BCUT2D eigenvalue weighted by Crippen LogP contribution is 2.27. The maximum Gasteiger partial charge on any atom is 0.156 e. The van der Waals surface area contributed by atoms with Crippen molar-refractivity contribution in [3.63, 3.8) is 0 Å². The number of nitrogens with one attached hydrogen (secondary N) is 1. The van der Waals surface area contributed by atoms with Crippen LogP contribution in [0.5, 0.6) is 0 Å². The molecular formula is C14H28N2S. The van der Waals surface area contributed by atoms with Gasteiger partial charge in [-0.05, 0) is 24.7 Å². The van der Waals surface area contributed by atoms with Crippen molar-refractivity contribution in [2.75, 3.05) is 12.3 Å². The summed E-state index contributed by atoms with van der Waals surface area (Å²) in [6.45, 7) is 12.4. The fourth-order valence-electron chi connectivity index (χ4n) is 1.84. The van der Waals surface area contributed by atoms with E-state index in [4.69, 9.17) is 0 Å². The molecule has 0 spiro atoms. The second-order valence-corrected chi connectivity index (χ2v) is 7.41. The Labute approximate surface area is 111 Å². The van der Waals surface area contributed by atoms with Crippen molar-refractivity contribution in [1.29, 1.82) is 0 Å². The highest BCUT2D eigenvalue weighted by atomic mass is 32.2. The van der Waals surface area contributed by atoms with Crippen molar-refractivity contribution in [3.8, 4) is 0 Å². The first-order chi connectivity index (χ1) is 7.89. The summed E-state index contributed by atoms with van der Waals surface area (Å²) in [6, 6.07) is 0.557. The minimum Gasteiger partial charge on any atom is -0.362 e. The van der Waals surface area contributed by atoms with E-state index in [9.17, 15) is 0 Å². The maximum atomic E-state index is 4.63. The number of amidine groups is 1. The van der Waals surface area contributed by atoms with E-state index >= 15 is 0 Å². The lowest BCUT2D eigenvalue weighted by Crippen LogP contribution is -2.36. The number of nitrogens with zero attached hydrogens (tertiary/aromatic N) is 1. The first kappa shape index (κ1) is 14.9. The van der Waals surface area contributed by atoms with Crippen LogP contribution >= 0.6 is 11.8 Å². The van der Waals surface area contributed by atoms with Crippen LogP contribution in [0, 0.1) is 11.3 Å². The first-order valence-corrected chi connectivity index (χ1v) is 7.81. The molecule has 0 aromatic rings. The molecule has 0 saturated heterocycles. The maximum absolute atomic E-state index is 4.63. The summed E-state index contributed by atoms with van der Waals surface area (Å²) in [7, 11) is 0. The Hall–Kier alpha value is -0.180. The van der Waals surface area contributed by atoms with E-state index in [-0.39, 0.29) is 0 Å². The number of hydrogen-bond donors (Lipinski definition) is 1. The standard InChI is InChI=1S/C14H28N2S/c1-11(2)7-6-8-12(3)16-13-15-9-14(4,5)10-17-13/h11-12H,6-10H2,1-5H3,(H,15,16). The predicted molar refractivity (Wildman–Crippen MR) is 79.8 cm³/mol. The number of rotatable bonds is 5. The molecule has 1 heterocycles. The zero-order valence-corrected chi connectivity index (χ0v) is 12.9. The van der Waals surface area contributed by atoms with Crippen molar-refractivity contribution in [3.05, 3.63) is 0 Å². The minimum absolute atomic E-state index is 0.372. The van der Waals surface area contributed by atoms with Gasteiger partial charge in [0, 0.05) is 18.3 Å². The van der Waals surface area contributed by atoms with Gasteiger partial charge < -0.3 is 5.32 Å². The van der Waals surface area contributed by atoms with Crippen molar-refractivity contribution < 1.29 is 0 Å². The molecule has 1 rings (SSSR count). The van der Waals surface area contributed by atoms with Gasteiger partial charge in [0.2, 0.25) is 0 Å². The third-order valence-electron chi connectivity index (χ3n) is 3.04. The zero-order chi connectivity index (χ0) is 12.9. The van der Waals surface area contributed by atoms with Crippen molar-refractivity contribution in [1.82, 2.24) is 5.32 Å². The molecule has 0 amide bonds. The van der Waals surface area contributed by atoms with Crippen LogP contribution in [0.3, 0.4) is 0 Å². The van der Waals surface area contributed by atoms with Gasteiger partial charge in [0.25, 0.3) is 0 Å². The summed E-state index contributed by atoms with van der Waals surface area (Å²) >= 11 is 1.88. The van der Waals surface area contributed by atoms with Crippen molar-refractivity contribution >= 4 is 16.9 Å². The lowest BCUT2D eigenvalue weighted by Gasteiger charge is -2.28. The minimum atomic E-state index is 0.372. The van der Waals surface area contributed by atoms with Gasteiger partial charge in [0.05, 0.1) is 0 Å². The quantitative estimate of drug-likeness (QED) is 0.806. The van der Waals surface area contributed by atoms with Gasteiger partial charge in [-0.1, -0.05) is 52.3 Å². The molecular weight excluding hydrogens is 228 g/mol. The van der Waals surface area contributed by atoms with Crippen LogP contribution in [0.2, 0.25) is 0 Å². The molecule has 0 aromatic heterocycles. The van der Waals surface area contributed by atoms with E-state index in [1.165, 1.54) is 25.0 Å². The molecule has 1 N–H and O–H groups in total. The molecule has 1 unspecified atom stereocenters. The van der Waals surface area contributed by atoms with Gasteiger partial charge in [-0.25, -0.2) is 0 Å². The van der Waals surface area contributed by atoms with Crippen molar-refractivity contribution in [2.45, 2.75) is 59.9 Å². The van der Waals surface area contributed by atoms with Crippen LogP contribution in [-0.4, -0.2) is 23.5 Å². The molecule has 3 heteroatoms. The van der Waals surface area contributed by atoms with Gasteiger partial charge >= 0.3 is 0 Å². The monoisotopic (exact) mass is 256 g/mol. The Morgan fingerprint density at radius 1 is 1.29 bits per heavy atom. The average Bonchev–Trinajstić information content (AvgIpc) is 2.21. The second kappa shape index (κ2) is 6.67. The highest BCUT2D eigenvalue weighted by Gasteiger charge is 2.23. The first-order valence-electron chi connectivity index (χ1n) is 6.83. The third-order valence-corrected chi connectivity index (χ3v) is 4.49. The molecule has 1 aliphatic rings. The summed E-state index contributed by atoms with van der Waals surface area (Å²) in [5.74, 6) is 2.00. The molecule has 0 radical (unpaired) electrons. The lowest BCUT2D eigenvalue weighted by atomic mass is 9.97. The summed E-state index contributed by atoms with van der Waals surface area (Å²) in [6.07, 6.45) is 3.90. The van der Waals surface area contributed by atoms with Crippen LogP contribution in [0.25, 0.3) is 0 Å². The Balaban J connectivity index is 2.23. The fourth-order valence-corrected chi connectivity index (χ4v) is 2.90. The van der Waals surface area contributed by atoms with E-state index in [2.05, 4.69) is 44.9 Å². The van der Waals surface area contributed by atoms with Crippen LogP contribution in [0.4, 0.5) is 0 Å². The van der Waals surface area contributed by atoms with Gasteiger partial charge in [-0.3, -0.25) is 4.99 Å². The van der Waals surface area contributed by atoms with Gasteiger partial charge in [-0.2, -0.15) is 0 Å². The normalized spacial score (nSPS) is 21.2. The predicted octanol–water partition coefficient (Wildman–Crippen LogP) is 3.92. The van der Waals surface area contributed by atoms with Gasteiger partial charge in [0.1, 0.15) is 0 Å². The highest BCUT2D eigenvalue weighted by molar-refractivity contribution is 8.13. The van der Waals surface area contributed by atoms with Gasteiger partial charge in [0.15, 0.2) is 5.17 Å². The Morgan fingerprint density at radius 2 is 2.00 bits per heavy atom. The molecule has 1 atom stereocenters. The van der Waals surface area contributed by atoms with Gasteiger partial charge in [-0.15, -0.1) is 0 Å². The molecule has 2 nitrogen and oxygen atoms in total. The second-order valence-electron chi connectivity index (χ2n) is 6.44. The Bertz CT molecular complexity index is 259. The number of aliphatic imine (C=N–C) groups is 1. The average molecular weight is 256 g/mol.